The Kier molecular flexibility index (Phi) is 3.99. The number of aryl methyl sites for hydroxylation is 1. The fourth-order valence-corrected chi connectivity index (χ4v) is 1.87. The summed E-state index contributed by atoms with van der Waals surface area (Å²) < 4.78 is 5.16. The van der Waals surface area contributed by atoms with E-state index in [1.165, 1.54) is 6.26 Å². The lowest BCUT2D eigenvalue weighted by molar-refractivity contribution is 0.0986. The van der Waals surface area contributed by atoms with Crippen molar-refractivity contribution in [2.45, 2.75) is 13.3 Å². The largest absolute Gasteiger partial charge is 0.469 e. The molecule has 0 bridgehead atoms. The van der Waals surface area contributed by atoms with Gasteiger partial charge < -0.3 is 9.32 Å². The van der Waals surface area contributed by atoms with E-state index in [4.69, 9.17) is 9.68 Å². The highest BCUT2D eigenvalue weighted by molar-refractivity contribution is 6.06. The molecule has 0 saturated heterocycles. The van der Waals surface area contributed by atoms with E-state index in [9.17, 15) is 4.79 Å². The molecule has 1 aromatic heterocycles. The molecule has 0 unspecified atom stereocenters. The normalized spacial score (nSPS) is 9.89. The second kappa shape index (κ2) is 5.87. The average molecular weight is 254 g/mol. The summed E-state index contributed by atoms with van der Waals surface area (Å²) in [5, 5.41) is 8.72. The molecule has 0 aliphatic carbocycles. The van der Waals surface area contributed by atoms with E-state index in [-0.39, 0.29) is 12.3 Å². The number of carbonyl (C=O) groups is 1. The van der Waals surface area contributed by atoms with Gasteiger partial charge in [-0.1, -0.05) is 18.2 Å². The first-order valence-corrected chi connectivity index (χ1v) is 6.02. The molecule has 4 nitrogen and oxygen atoms in total. The minimum Gasteiger partial charge on any atom is -0.469 e. The average Bonchev–Trinajstić information content (AvgIpc) is 2.86. The van der Waals surface area contributed by atoms with Crippen LogP contribution in [0.4, 0.5) is 5.69 Å². The highest BCUT2D eigenvalue weighted by atomic mass is 16.3. The van der Waals surface area contributed by atoms with Gasteiger partial charge in [0.15, 0.2) is 0 Å². The zero-order chi connectivity index (χ0) is 13.7. The van der Waals surface area contributed by atoms with Gasteiger partial charge in [-0.2, -0.15) is 5.26 Å². The summed E-state index contributed by atoms with van der Waals surface area (Å²) in [5.41, 5.74) is 1.31. The Morgan fingerprint density at radius 3 is 2.63 bits per heavy atom. The van der Waals surface area contributed by atoms with Crippen LogP contribution in [-0.4, -0.2) is 12.5 Å². The SMILES string of the molecule is Cc1occc1C(=O)N(CCC#N)c1ccccc1. The van der Waals surface area contributed by atoms with E-state index in [1.807, 2.05) is 30.3 Å². The van der Waals surface area contributed by atoms with Gasteiger partial charge in [-0.25, -0.2) is 0 Å². The molecule has 1 heterocycles. The predicted molar refractivity (Wildman–Crippen MR) is 71.8 cm³/mol. The highest BCUT2D eigenvalue weighted by Gasteiger charge is 2.20. The molecule has 0 aliphatic heterocycles. The lowest BCUT2D eigenvalue weighted by atomic mass is 10.2. The minimum atomic E-state index is -0.146. The fraction of sp³-hybridized carbons (Fsp3) is 0.200. The number of amides is 1. The number of benzene rings is 1. The van der Waals surface area contributed by atoms with Gasteiger partial charge >= 0.3 is 0 Å². The summed E-state index contributed by atoms with van der Waals surface area (Å²) >= 11 is 0. The molecule has 0 aliphatic rings. The van der Waals surface area contributed by atoms with Crippen LogP contribution in [0.3, 0.4) is 0 Å². The third-order valence-corrected chi connectivity index (χ3v) is 2.85. The number of para-hydroxylation sites is 1. The Labute approximate surface area is 111 Å². The van der Waals surface area contributed by atoms with Crippen LogP contribution in [0.2, 0.25) is 0 Å². The van der Waals surface area contributed by atoms with Crippen LogP contribution in [0.15, 0.2) is 47.1 Å². The predicted octanol–water partition coefficient (Wildman–Crippen LogP) is 3.15. The molecule has 1 aromatic carbocycles. The Morgan fingerprint density at radius 1 is 1.32 bits per heavy atom. The zero-order valence-electron chi connectivity index (χ0n) is 10.7. The third kappa shape index (κ3) is 2.83. The molecule has 0 spiro atoms. The standard InChI is InChI=1S/C15H14N2O2/c1-12-14(8-11-19-12)15(18)17(10-5-9-16)13-6-3-2-4-7-13/h2-4,6-8,11H,5,10H2,1H3. The second-order valence-electron chi connectivity index (χ2n) is 4.09. The molecule has 2 rings (SSSR count). The van der Waals surface area contributed by atoms with Crippen LogP contribution in [-0.2, 0) is 0 Å². The van der Waals surface area contributed by atoms with Gasteiger partial charge in [-0.15, -0.1) is 0 Å². The zero-order valence-corrected chi connectivity index (χ0v) is 10.7. The first-order valence-electron chi connectivity index (χ1n) is 6.02. The van der Waals surface area contributed by atoms with E-state index in [1.54, 1.807) is 17.9 Å². The van der Waals surface area contributed by atoms with Crippen molar-refractivity contribution in [2.24, 2.45) is 0 Å². The maximum absolute atomic E-state index is 12.5. The van der Waals surface area contributed by atoms with Gasteiger partial charge in [-0.3, -0.25) is 4.79 Å². The summed E-state index contributed by atoms with van der Waals surface area (Å²) in [7, 11) is 0. The Balaban J connectivity index is 2.31. The number of hydrogen-bond donors (Lipinski definition) is 0. The quantitative estimate of drug-likeness (QED) is 0.842. The van der Waals surface area contributed by atoms with E-state index in [2.05, 4.69) is 6.07 Å². The summed E-state index contributed by atoms with van der Waals surface area (Å²) in [4.78, 5) is 14.1. The fourth-order valence-electron chi connectivity index (χ4n) is 1.87. The van der Waals surface area contributed by atoms with E-state index in [0.29, 0.717) is 17.9 Å². The van der Waals surface area contributed by atoms with Gasteiger partial charge in [0.25, 0.3) is 5.91 Å². The van der Waals surface area contributed by atoms with Gasteiger partial charge in [0.1, 0.15) is 5.76 Å². The summed E-state index contributed by atoms with van der Waals surface area (Å²) in [6, 6.07) is 13.0. The molecule has 0 saturated carbocycles. The number of furan rings is 1. The molecule has 1 amide bonds. The number of anilines is 1. The summed E-state index contributed by atoms with van der Waals surface area (Å²) in [6.45, 7) is 2.12. The third-order valence-electron chi connectivity index (χ3n) is 2.85. The summed E-state index contributed by atoms with van der Waals surface area (Å²) in [6.07, 6.45) is 1.79. The van der Waals surface area contributed by atoms with Gasteiger partial charge in [-0.05, 0) is 25.1 Å². The van der Waals surface area contributed by atoms with E-state index < -0.39 is 0 Å². The number of carbonyl (C=O) groups excluding carboxylic acids is 1. The van der Waals surface area contributed by atoms with E-state index in [0.717, 1.165) is 5.69 Å². The number of rotatable bonds is 4. The smallest absolute Gasteiger partial charge is 0.261 e. The van der Waals surface area contributed by atoms with Crippen LogP contribution in [0, 0.1) is 18.3 Å². The van der Waals surface area contributed by atoms with Crippen molar-refractivity contribution in [1.29, 1.82) is 5.26 Å². The molecule has 0 atom stereocenters. The van der Waals surface area contributed by atoms with Crippen molar-refractivity contribution < 1.29 is 9.21 Å². The number of hydrogen-bond acceptors (Lipinski definition) is 3. The van der Waals surface area contributed by atoms with Crippen LogP contribution < -0.4 is 4.90 Å². The van der Waals surface area contributed by atoms with Gasteiger partial charge in [0, 0.05) is 12.2 Å². The maximum atomic E-state index is 12.5. The number of nitrogens with zero attached hydrogens (tertiary/aromatic N) is 2. The maximum Gasteiger partial charge on any atom is 0.261 e. The molecule has 4 heteroatoms. The van der Waals surface area contributed by atoms with Crippen molar-refractivity contribution in [3.05, 3.63) is 54.0 Å². The first kappa shape index (κ1) is 12.9. The van der Waals surface area contributed by atoms with Crippen LogP contribution >= 0.6 is 0 Å². The Hall–Kier alpha value is -2.54. The number of nitriles is 1. The van der Waals surface area contributed by atoms with Gasteiger partial charge in [0.05, 0.1) is 24.3 Å². The van der Waals surface area contributed by atoms with Crippen LogP contribution in [0.25, 0.3) is 0 Å². The Bertz CT molecular complexity index is 596. The molecular formula is C15H14N2O2. The monoisotopic (exact) mass is 254 g/mol. The van der Waals surface area contributed by atoms with Crippen molar-refractivity contribution >= 4 is 11.6 Å². The molecule has 19 heavy (non-hydrogen) atoms. The molecule has 0 radical (unpaired) electrons. The van der Waals surface area contributed by atoms with Crippen LogP contribution in [0.1, 0.15) is 22.5 Å². The highest BCUT2D eigenvalue weighted by Crippen LogP contribution is 2.19. The molecule has 0 fully saturated rings. The van der Waals surface area contributed by atoms with Crippen molar-refractivity contribution in [1.82, 2.24) is 0 Å². The lowest BCUT2D eigenvalue weighted by Crippen LogP contribution is -2.31. The van der Waals surface area contributed by atoms with Gasteiger partial charge in [0.2, 0.25) is 0 Å². The van der Waals surface area contributed by atoms with Crippen molar-refractivity contribution in [3.8, 4) is 6.07 Å². The van der Waals surface area contributed by atoms with E-state index >= 15 is 0 Å². The minimum absolute atomic E-state index is 0.146. The molecular weight excluding hydrogens is 240 g/mol. The topological polar surface area (TPSA) is 57.2 Å². The first-order chi connectivity index (χ1) is 9.24. The second-order valence-corrected chi connectivity index (χ2v) is 4.09. The van der Waals surface area contributed by atoms with Crippen molar-refractivity contribution in [3.63, 3.8) is 0 Å². The molecule has 2 aromatic rings. The molecule has 96 valence electrons. The Morgan fingerprint density at radius 2 is 2.05 bits per heavy atom. The van der Waals surface area contributed by atoms with Crippen LogP contribution in [0.5, 0.6) is 0 Å². The molecule has 0 N–H and O–H groups in total. The lowest BCUT2D eigenvalue weighted by Gasteiger charge is -2.21. The summed E-state index contributed by atoms with van der Waals surface area (Å²) in [5.74, 6) is 0.440. The van der Waals surface area contributed by atoms with Crippen molar-refractivity contribution in [2.75, 3.05) is 11.4 Å².